The fourth-order valence-electron chi connectivity index (χ4n) is 1.82. The van der Waals surface area contributed by atoms with E-state index < -0.39 is 11.6 Å². The molecule has 0 aromatic heterocycles. The van der Waals surface area contributed by atoms with Crippen molar-refractivity contribution in [3.63, 3.8) is 0 Å². The summed E-state index contributed by atoms with van der Waals surface area (Å²) in [7, 11) is 0. The van der Waals surface area contributed by atoms with E-state index in [1.54, 1.807) is 0 Å². The van der Waals surface area contributed by atoms with E-state index in [0.29, 0.717) is 0 Å². The third-order valence-electron chi connectivity index (χ3n) is 2.82. The Kier molecular flexibility index (Phi) is 4.90. The van der Waals surface area contributed by atoms with Gasteiger partial charge in [-0.2, -0.15) is 0 Å². The minimum absolute atomic E-state index is 0.151. The molecule has 0 spiro atoms. The smallest absolute Gasteiger partial charge is 0.147 e. The third kappa shape index (κ3) is 3.90. The molecule has 0 aliphatic rings. The molecule has 0 heterocycles. The fraction of sp³-hybridized carbons (Fsp3) is 0.188. The van der Waals surface area contributed by atoms with Crippen LogP contribution in [0.25, 0.3) is 0 Å². The van der Waals surface area contributed by atoms with Crippen LogP contribution in [0.4, 0.5) is 8.78 Å². The second-order valence-electron chi connectivity index (χ2n) is 4.52. The van der Waals surface area contributed by atoms with Gasteiger partial charge in [-0.25, -0.2) is 8.78 Å². The van der Waals surface area contributed by atoms with E-state index in [1.165, 1.54) is 30.0 Å². The molecule has 0 unspecified atom stereocenters. The standard InChI is InChI=1S/C16H14F2OS/c1-11-4-2-5-13(8-11)20-10-12(19)9-14-15(17)6-3-7-16(14)18/h2-8H,9-10H2,1H3. The van der Waals surface area contributed by atoms with Crippen LogP contribution < -0.4 is 0 Å². The van der Waals surface area contributed by atoms with E-state index in [-0.39, 0.29) is 23.5 Å². The van der Waals surface area contributed by atoms with Crippen LogP contribution in [0.2, 0.25) is 0 Å². The van der Waals surface area contributed by atoms with Crippen molar-refractivity contribution in [1.82, 2.24) is 0 Å². The Hall–Kier alpha value is -1.68. The first-order chi connectivity index (χ1) is 9.56. The maximum Gasteiger partial charge on any atom is 0.147 e. The van der Waals surface area contributed by atoms with Gasteiger partial charge in [-0.05, 0) is 31.2 Å². The van der Waals surface area contributed by atoms with E-state index in [0.717, 1.165) is 10.5 Å². The number of carbonyl (C=O) groups excluding carboxylic acids is 1. The minimum atomic E-state index is -0.668. The summed E-state index contributed by atoms with van der Waals surface area (Å²) in [5.74, 6) is -1.32. The molecule has 20 heavy (non-hydrogen) atoms. The van der Waals surface area contributed by atoms with Crippen LogP contribution in [0.5, 0.6) is 0 Å². The molecular formula is C16H14F2OS. The van der Waals surface area contributed by atoms with Gasteiger partial charge < -0.3 is 0 Å². The molecule has 104 valence electrons. The minimum Gasteiger partial charge on any atom is -0.298 e. The number of hydrogen-bond donors (Lipinski definition) is 0. The summed E-state index contributed by atoms with van der Waals surface area (Å²) >= 11 is 1.38. The Morgan fingerprint density at radius 3 is 2.40 bits per heavy atom. The van der Waals surface area contributed by atoms with E-state index >= 15 is 0 Å². The van der Waals surface area contributed by atoms with Crippen LogP contribution in [-0.2, 0) is 11.2 Å². The highest BCUT2D eigenvalue weighted by molar-refractivity contribution is 8.00. The predicted octanol–water partition coefficient (Wildman–Crippen LogP) is 4.18. The Morgan fingerprint density at radius 1 is 1.10 bits per heavy atom. The molecule has 0 amide bonds. The molecule has 4 heteroatoms. The lowest BCUT2D eigenvalue weighted by atomic mass is 10.1. The number of thioether (sulfide) groups is 1. The molecule has 0 aliphatic carbocycles. The molecule has 0 N–H and O–H groups in total. The summed E-state index contributed by atoms with van der Waals surface area (Å²) in [6.07, 6.45) is -0.211. The highest BCUT2D eigenvalue weighted by Crippen LogP contribution is 2.20. The first-order valence-electron chi connectivity index (χ1n) is 6.20. The zero-order valence-electron chi connectivity index (χ0n) is 11.0. The van der Waals surface area contributed by atoms with Gasteiger partial charge in [0.25, 0.3) is 0 Å². The summed E-state index contributed by atoms with van der Waals surface area (Å²) in [6, 6.07) is 11.4. The molecule has 0 bridgehead atoms. The van der Waals surface area contributed by atoms with Gasteiger partial charge >= 0.3 is 0 Å². The van der Waals surface area contributed by atoms with Crippen molar-refractivity contribution in [3.05, 3.63) is 65.2 Å². The molecule has 2 rings (SSSR count). The maximum absolute atomic E-state index is 13.4. The Balaban J connectivity index is 1.96. The largest absolute Gasteiger partial charge is 0.298 e. The molecule has 0 saturated carbocycles. The van der Waals surface area contributed by atoms with Crippen LogP contribution in [0.15, 0.2) is 47.4 Å². The van der Waals surface area contributed by atoms with Gasteiger partial charge in [-0.3, -0.25) is 4.79 Å². The Labute approximate surface area is 121 Å². The number of carbonyl (C=O) groups is 1. The Bertz CT molecular complexity index is 605. The topological polar surface area (TPSA) is 17.1 Å². The molecule has 0 saturated heterocycles. The van der Waals surface area contributed by atoms with Gasteiger partial charge in [0.1, 0.15) is 17.4 Å². The highest BCUT2D eigenvalue weighted by Gasteiger charge is 2.13. The first kappa shape index (κ1) is 14.7. The molecule has 0 fully saturated rings. The molecule has 2 aromatic carbocycles. The molecule has 0 aliphatic heterocycles. The number of halogens is 2. The van der Waals surface area contributed by atoms with Crippen LogP contribution in [0.1, 0.15) is 11.1 Å². The summed E-state index contributed by atoms with van der Waals surface area (Å²) in [5, 5.41) is 0. The van der Waals surface area contributed by atoms with Gasteiger partial charge in [-0.1, -0.05) is 23.8 Å². The lowest BCUT2D eigenvalue weighted by Gasteiger charge is -2.05. The molecule has 2 aromatic rings. The van der Waals surface area contributed by atoms with Gasteiger partial charge in [0.2, 0.25) is 0 Å². The zero-order valence-corrected chi connectivity index (χ0v) is 11.8. The number of benzene rings is 2. The number of Topliss-reactive ketones (excluding diaryl/α,β-unsaturated/α-hetero) is 1. The van der Waals surface area contributed by atoms with Crippen molar-refractivity contribution in [1.29, 1.82) is 0 Å². The highest BCUT2D eigenvalue weighted by atomic mass is 32.2. The van der Waals surface area contributed by atoms with Gasteiger partial charge in [0, 0.05) is 16.9 Å². The van der Waals surface area contributed by atoms with Crippen molar-refractivity contribution in [2.24, 2.45) is 0 Å². The van der Waals surface area contributed by atoms with Crippen molar-refractivity contribution in [3.8, 4) is 0 Å². The Morgan fingerprint density at radius 2 is 1.75 bits per heavy atom. The lowest BCUT2D eigenvalue weighted by molar-refractivity contribution is -0.116. The second-order valence-corrected chi connectivity index (χ2v) is 5.57. The van der Waals surface area contributed by atoms with E-state index in [4.69, 9.17) is 0 Å². The van der Waals surface area contributed by atoms with Crippen molar-refractivity contribution < 1.29 is 13.6 Å². The quantitative estimate of drug-likeness (QED) is 0.769. The summed E-state index contributed by atoms with van der Waals surface area (Å²) < 4.78 is 26.9. The van der Waals surface area contributed by atoms with Crippen molar-refractivity contribution in [2.75, 3.05) is 5.75 Å². The SMILES string of the molecule is Cc1cccc(SCC(=O)Cc2c(F)cccc2F)c1. The third-order valence-corrected chi connectivity index (χ3v) is 3.88. The predicted molar refractivity (Wildman–Crippen MR) is 77.0 cm³/mol. The normalized spacial score (nSPS) is 10.6. The maximum atomic E-state index is 13.4. The molecule has 1 nitrogen and oxygen atoms in total. The number of ketones is 1. The van der Waals surface area contributed by atoms with Crippen molar-refractivity contribution in [2.45, 2.75) is 18.2 Å². The van der Waals surface area contributed by atoms with E-state index in [9.17, 15) is 13.6 Å². The van der Waals surface area contributed by atoms with Gasteiger partial charge in [0.05, 0.1) is 5.75 Å². The summed E-state index contributed by atoms with van der Waals surface area (Å²) in [6.45, 7) is 1.97. The fourth-order valence-corrected chi connectivity index (χ4v) is 2.69. The van der Waals surface area contributed by atoms with Crippen molar-refractivity contribution >= 4 is 17.5 Å². The van der Waals surface area contributed by atoms with E-state index in [2.05, 4.69) is 0 Å². The monoisotopic (exact) mass is 292 g/mol. The van der Waals surface area contributed by atoms with E-state index in [1.807, 2.05) is 31.2 Å². The summed E-state index contributed by atoms with van der Waals surface area (Å²) in [5.41, 5.74) is 0.963. The number of rotatable bonds is 5. The van der Waals surface area contributed by atoms with Gasteiger partial charge in [0.15, 0.2) is 0 Å². The summed E-state index contributed by atoms with van der Waals surface area (Å²) in [4.78, 5) is 12.8. The molecular weight excluding hydrogens is 278 g/mol. The average Bonchev–Trinajstić information content (AvgIpc) is 2.41. The average molecular weight is 292 g/mol. The second kappa shape index (κ2) is 6.66. The first-order valence-corrected chi connectivity index (χ1v) is 7.19. The van der Waals surface area contributed by atoms with Crippen LogP contribution >= 0.6 is 11.8 Å². The van der Waals surface area contributed by atoms with Crippen LogP contribution in [-0.4, -0.2) is 11.5 Å². The number of aryl methyl sites for hydroxylation is 1. The van der Waals surface area contributed by atoms with Crippen LogP contribution in [0.3, 0.4) is 0 Å². The van der Waals surface area contributed by atoms with Crippen LogP contribution in [0, 0.1) is 18.6 Å². The number of hydrogen-bond acceptors (Lipinski definition) is 2. The zero-order chi connectivity index (χ0) is 14.5. The molecule has 0 radical (unpaired) electrons. The molecule has 0 atom stereocenters. The lowest BCUT2D eigenvalue weighted by Crippen LogP contribution is -2.09. The van der Waals surface area contributed by atoms with Gasteiger partial charge in [-0.15, -0.1) is 11.8 Å².